The number of pyridine rings is 3. The molecule has 56 heavy (non-hydrogen) atoms. The molecule has 0 saturated heterocycles. The summed E-state index contributed by atoms with van der Waals surface area (Å²) in [5, 5.41) is 14.9. The molecule has 288 valence electrons. The van der Waals surface area contributed by atoms with Gasteiger partial charge in [-0.05, 0) is 112 Å². The zero-order valence-electron chi connectivity index (χ0n) is 30.1. The lowest BCUT2D eigenvalue weighted by atomic mass is 10.2. The van der Waals surface area contributed by atoms with Gasteiger partial charge in [0.25, 0.3) is 11.8 Å². The second-order valence-corrected chi connectivity index (χ2v) is 14.5. The van der Waals surface area contributed by atoms with Gasteiger partial charge in [0.1, 0.15) is 17.2 Å². The molecule has 10 rings (SSSR count). The fraction of sp³-hybridized carbons (Fsp3) is 0.293. The topological polar surface area (TPSA) is 133 Å². The highest BCUT2D eigenvalue weighted by atomic mass is 35.5. The van der Waals surface area contributed by atoms with E-state index in [2.05, 4.69) is 37.7 Å². The fourth-order valence-corrected chi connectivity index (χ4v) is 6.47. The third kappa shape index (κ3) is 8.63. The van der Waals surface area contributed by atoms with Gasteiger partial charge in [0, 0.05) is 47.5 Å². The molecule has 6 aromatic rings. The minimum Gasteiger partial charge on any atom is -0.321 e. The first-order valence-corrected chi connectivity index (χ1v) is 18.5. The van der Waals surface area contributed by atoms with Crippen molar-refractivity contribution in [2.24, 2.45) is 0 Å². The van der Waals surface area contributed by atoms with Gasteiger partial charge in [0.05, 0.1) is 40.7 Å². The number of anilines is 2. The molecule has 11 nitrogen and oxygen atoms in total. The number of nitrogens with one attached hydrogen (secondary N) is 2. The molecule has 0 aliphatic heterocycles. The molecule has 4 fully saturated rings. The first-order valence-electron chi connectivity index (χ1n) is 18.5. The van der Waals surface area contributed by atoms with E-state index >= 15 is 0 Å². The molecule has 2 amide bonds. The largest absolute Gasteiger partial charge is 0.321 e. The van der Waals surface area contributed by atoms with E-state index in [1.165, 1.54) is 67.9 Å². The quantitative estimate of drug-likeness (QED) is 0.141. The van der Waals surface area contributed by atoms with Crippen molar-refractivity contribution in [3.05, 3.63) is 137 Å². The van der Waals surface area contributed by atoms with Crippen molar-refractivity contribution in [2.45, 2.75) is 75.0 Å². The average molecular weight is 799 g/mol. The van der Waals surface area contributed by atoms with Crippen molar-refractivity contribution in [1.29, 1.82) is 0 Å². The maximum Gasteiger partial charge on any atom is 0.261 e. The minimum absolute atomic E-state index is 0. The van der Waals surface area contributed by atoms with Crippen molar-refractivity contribution < 1.29 is 18.4 Å². The zero-order valence-corrected chi connectivity index (χ0v) is 31.8. The summed E-state index contributed by atoms with van der Waals surface area (Å²) in [6, 6.07) is 18.4. The second kappa shape index (κ2) is 16.3. The van der Waals surface area contributed by atoms with Crippen molar-refractivity contribution >= 4 is 48.0 Å². The third-order valence-electron chi connectivity index (χ3n) is 10.1. The van der Waals surface area contributed by atoms with Gasteiger partial charge < -0.3 is 10.6 Å². The van der Waals surface area contributed by atoms with Gasteiger partial charge >= 0.3 is 0 Å². The van der Waals surface area contributed by atoms with Gasteiger partial charge in [-0.1, -0.05) is 6.07 Å². The van der Waals surface area contributed by atoms with Crippen LogP contribution in [0.15, 0.2) is 91.5 Å². The van der Waals surface area contributed by atoms with E-state index < -0.39 is 23.1 Å². The van der Waals surface area contributed by atoms with Crippen LogP contribution < -0.4 is 10.6 Å². The van der Waals surface area contributed by atoms with Crippen LogP contribution in [0.5, 0.6) is 0 Å². The number of hydrogen-bond donors (Lipinski definition) is 2. The number of carbonyl (C=O) groups is 2. The SMILES string of the molecule is Cl.Cl.O=C(Nc1ccc(-n2nc(C3CC3)cc2C2CC2)nc1)c1c(F)cccc1F.O=C(Nc1ccc(-n2nc(C3CC3)cc2C2CC2)nc1)c1cccnc1. The number of nitrogens with zero attached hydrogens (tertiary/aromatic N) is 7. The van der Waals surface area contributed by atoms with Crippen LogP contribution in [0, 0.1) is 11.6 Å². The summed E-state index contributed by atoms with van der Waals surface area (Å²) >= 11 is 0. The lowest BCUT2D eigenvalue weighted by Gasteiger charge is -2.09. The summed E-state index contributed by atoms with van der Waals surface area (Å²) in [4.78, 5) is 37.3. The van der Waals surface area contributed by atoms with Crippen LogP contribution >= 0.6 is 24.8 Å². The first kappa shape index (κ1) is 38.7. The van der Waals surface area contributed by atoms with E-state index in [0.717, 1.165) is 36.5 Å². The van der Waals surface area contributed by atoms with E-state index in [1.54, 1.807) is 42.9 Å². The average Bonchev–Trinajstić information content (AvgIpc) is 3.97. The Kier molecular flexibility index (Phi) is 11.3. The molecule has 0 spiro atoms. The summed E-state index contributed by atoms with van der Waals surface area (Å²) in [5.41, 5.74) is 5.70. The molecule has 4 saturated carbocycles. The number of carbonyl (C=O) groups excluding carboxylic acids is 2. The molecule has 15 heteroatoms. The Morgan fingerprint density at radius 1 is 0.589 bits per heavy atom. The van der Waals surface area contributed by atoms with E-state index in [0.29, 0.717) is 46.4 Å². The summed E-state index contributed by atoms with van der Waals surface area (Å²) in [6.07, 6.45) is 16.0. The van der Waals surface area contributed by atoms with Crippen molar-refractivity contribution in [3.63, 3.8) is 0 Å². The van der Waals surface area contributed by atoms with E-state index in [-0.39, 0.29) is 30.7 Å². The predicted molar refractivity (Wildman–Crippen MR) is 212 cm³/mol. The van der Waals surface area contributed by atoms with Crippen molar-refractivity contribution in [2.75, 3.05) is 10.6 Å². The highest BCUT2D eigenvalue weighted by Gasteiger charge is 2.34. The highest BCUT2D eigenvalue weighted by molar-refractivity contribution is 6.05. The molecule has 0 atom stereocenters. The van der Waals surface area contributed by atoms with Crippen LogP contribution in [0.25, 0.3) is 11.6 Å². The van der Waals surface area contributed by atoms with E-state index in [4.69, 9.17) is 10.2 Å². The van der Waals surface area contributed by atoms with Crippen LogP contribution in [-0.2, 0) is 0 Å². The number of rotatable bonds is 10. The molecule has 4 aliphatic carbocycles. The molecule has 5 aromatic heterocycles. The van der Waals surface area contributed by atoms with Crippen LogP contribution in [0.1, 0.15) is 119 Å². The molecule has 1 aromatic carbocycles. The van der Waals surface area contributed by atoms with E-state index in [9.17, 15) is 18.4 Å². The van der Waals surface area contributed by atoms with Crippen molar-refractivity contribution in [1.82, 2.24) is 34.5 Å². The monoisotopic (exact) mass is 797 g/mol. The molecule has 2 N–H and O–H groups in total. The molecule has 0 radical (unpaired) electrons. The summed E-state index contributed by atoms with van der Waals surface area (Å²) in [5.74, 6) is 0.967. The lowest BCUT2D eigenvalue weighted by Crippen LogP contribution is -2.16. The second-order valence-electron chi connectivity index (χ2n) is 14.5. The molecular formula is C41H39Cl2F2N9O2. The fourth-order valence-electron chi connectivity index (χ4n) is 6.47. The van der Waals surface area contributed by atoms with E-state index in [1.807, 2.05) is 21.5 Å². The predicted octanol–water partition coefficient (Wildman–Crippen LogP) is 9.07. The van der Waals surface area contributed by atoms with Crippen LogP contribution in [-0.4, -0.2) is 46.3 Å². The highest BCUT2D eigenvalue weighted by Crippen LogP contribution is 2.46. The Morgan fingerprint density at radius 3 is 1.48 bits per heavy atom. The standard InChI is InChI=1S/C21H18F2N4O.C20H19N5O.2ClH/c22-15-2-1-3-16(23)20(15)21(28)25-14-8-9-19(24-11-14)27-18(13-6-7-13)10-17(26-27)12-4-5-12;26-20(15-2-1-9-21-11-15)23-16-7-8-19(22-12-16)25-18(14-5-6-14)10-17(24-25)13-3-4-13;;/h1-3,8-13H,4-7H2,(H,25,28);1-2,7-14H,3-6H2,(H,23,26);2*1H. The normalized spacial score (nSPS) is 15.8. The Morgan fingerprint density at radius 2 is 1.07 bits per heavy atom. The van der Waals surface area contributed by atoms with Crippen LogP contribution in [0.4, 0.5) is 20.2 Å². The first-order chi connectivity index (χ1) is 26.4. The Hall–Kier alpha value is -5.53. The molecule has 0 bridgehead atoms. The van der Waals surface area contributed by atoms with Crippen LogP contribution in [0.3, 0.4) is 0 Å². The molecule has 4 aliphatic rings. The Balaban J connectivity index is 0.000000166. The molecular weight excluding hydrogens is 759 g/mol. The Bertz CT molecular complexity index is 2320. The van der Waals surface area contributed by atoms with Crippen molar-refractivity contribution in [3.8, 4) is 11.6 Å². The van der Waals surface area contributed by atoms with Gasteiger partial charge in [-0.25, -0.2) is 28.1 Å². The number of aromatic nitrogens is 7. The van der Waals surface area contributed by atoms with Gasteiger partial charge in [-0.3, -0.25) is 14.6 Å². The molecule has 5 heterocycles. The maximum absolute atomic E-state index is 13.8. The summed E-state index contributed by atoms with van der Waals surface area (Å²) < 4.78 is 31.4. The van der Waals surface area contributed by atoms with Gasteiger partial charge in [-0.2, -0.15) is 10.2 Å². The molecule has 0 unspecified atom stereocenters. The minimum atomic E-state index is -0.902. The smallest absolute Gasteiger partial charge is 0.261 e. The van der Waals surface area contributed by atoms with Gasteiger partial charge in [0.15, 0.2) is 11.6 Å². The third-order valence-corrected chi connectivity index (χ3v) is 10.1. The number of amides is 2. The van der Waals surface area contributed by atoms with Gasteiger partial charge in [-0.15, -0.1) is 24.8 Å². The number of hydrogen-bond acceptors (Lipinski definition) is 7. The Labute approximate surface area is 334 Å². The zero-order chi connectivity index (χ0) is 36.8. The lowest BCUT2D eigenvalue weighted by molar-refractivity contribution is 0.101. The maximum atomic E-state index is 13.8. The summed E-state index contributed by atoms with van der Waals surface area (Å²) in [6.45, 7) is 0. The summed E-state index contributed by atoms with van der Waals surface area (Å²) in [7, 11) is 0. The number of halogens is 4. The van der Waals surface area contributed by atoms with Crippen LogP contribution in [0.2, 0.25) is 0 Å². The number of benzene rings is 1. The van der Waals surface area contributed by atoms with Gasteiger partial charge in [0.2, 0.25) is 0 Å².